The fourth-order valence-corrected chi connectivity index (χ4v) is 3.56. The molecule has 1 saturated carbocycles. The lowest BCUT2D eigenvalue weighted by Gasteiger charge is -2.30. The number of alkyl halides is 5. The molecule has 1 aromatic rings. The monoisotopic (exact) mass is 450 g/mol. The fourth-order valence-electron chi connectivity index (χ4n) is 3.56. The van der Waals surface area contributed by atoms with Crippen LogP contribution in [0.3, 0.4) is 0 Å². The molecule has 0 spiro atoms. The molecule has 1 aromatic carbocycles. The second-order valence-electron chi connectivity index (χ2n) is 7.39. The maximum Gasteiger partial charge on any atom is 0.418 e. The van der Waals surface area contributed by atoms with E-state index in [4.69, 9.17) is 10.5 Å². The number of rotatable bonds is 8. The van der Waals surface area contributed by atoms with E-state index in [1.54, 1.807) is 0 Å². The zero-order chi connectivity index (χ0) is 22.8. The van der Waals surface area contributed by atoms with Crippen molar-refractivity contribution in [2.45, 2.75) is 37.5 Å². The van der Waals surface area contributed by atoms with Crippen LogP contribution in [-0.2, 0) is 20.5 Å². The molecule has 2 amide bonds. The fraction of sp³-hybridized carbons (Fsp3) is 0.579. The minimum absolute atomic E-state index is 0.0349. The van der Waals surface area contributed by atoms with Gasteiger partial charge in [0.1, 0.15) is 12.6 Å². The van der Waals surface area contributed by atoms with E-state index >= 15 is 0 Å². The standard InChI is InChI=1S/C19H23F5N4O3/c20-16(21)9-28(12-2-3-12)15(8-25)18(30)26-11-1-4-14(13(7-11)19(22,23)24)27-5-6-31-10-17(27)29/h1,4,7,12,15-16H,2-3,5-6,8-10,25H2,(H,26,30)/t15-/m0/s1. The number of nitrogens with zero attached hydrogens (tertiary/aromatic N) is 2. The molecule has 172 valence electrons. The Balaban J connectivity index is 1.83. The minimum Gasteiger partial charge on any atom is -0.370 e. The van der Waals surface area contributed by atoms with Gasteiger partial charge in [0.2, 0.25) is 5.91 Å². The van der Waals surface area contributed by atoms with Crippen LogP contribution in [0.15, 0.2) is 18.2 Å². The van der Waals surface area contributed by atoms with Crippen LogP contribution in [0, 0.1) is 0 Å². The predicted octanol–water partition coefficient (Wildman–Crippen LogP) is 2.06. The van der Waals surface area contributed by atoms with Crippen LogP contribution in [-0.4, -0.2) is 68.1 Å². The molecule has 2 aliphatic rings. The smallest absolute Gasteiger partial charge is 0.370 e. The lowest BCUT2D eigenvalue weighted by Crippen LogP contribution is -2.51. The van der Waals surface area contributed by atoms with Gasteiger partial charge in [-0.05, 0) is 31.0 Å². The third kappa shape index (κ3) is 5.69. The van der Waals surface area contributed by atoms with Crippen molar-refractivity contribution >= 4 is 23.2 Å². The van der Waals surface area contributed by atoms with Gasteiger partial charge < -0.3 is 20.7 Å². The van der Waals surface area contributed by atoms with Gasteiger partial charge in [0.25, 0.3) is 12.3 Å². The summed E-state index contributed by atoms with van der Waals surface area (Å²) in [6, 6.07) is 1.74. The van der Waals surface area contributed by atoms with Crippen LogP contribution in [0.5, 0.6) is 0 Å². The molecule has 3 rings (SSSR count). The maximum atomic E-state index is 13.7. The first kappa shape index (κ1) is 23.4. The van der Waals surface area contributed by atoms with E-state index in [0.717, 1.165) is 17.0 Å². The van der Waals surface area contributed by atoms with Crippen molar-refractivity contribution in [3.05, 3.63) is 23.8 Å². The van der Waals surface area contributed by atoms with E-state index in [-0.39, 0.29) is 43.7 Å². The summed E-state index contributed by atoms with van der Waals surface area (Å²) in [7, 11) is 0. The van der Waals surface area contributed by atoms with E-state index < -0.39 is 42.6 Å². The molecule has 1 saturated heterocycles. The third-order valence-corrected chi connectivity index (χ3v) is 5.14. The van der Waals surface area contributed by atoms with Gasteiger partial charge in [-0.3, -0.25) is 14.5 Å². The molecule has 0 radical (unpaired) electrons. The Morgan fingerprint density at radius 3 is 2.58 bits per heavy atom. The highest BCUT2D eigenvalue weighted by molar-refractivity contribution is 5.98. The Morgan fingerprint density at radius 2 is 2.03 bits per heavy atom. The van der Waals surface area contributed by atoms with Crippen LogP contribution in [0.4, 0.5) is 33.3 Å². The van der Waals surface area contributed by atoms with Gasteiger partial charge in [-0.25, -0.2) is 8.78 Å². The molecule has 12 heteroatoms. The first-order valence-electron chi connectivity index (χ1n) is 9.76. The van der Waals surface area contributed by atoms with Gasteiger partial charge >= 0.3 is 6.18 Å². The molecular formula is C19H23F5N4O3. The van der Waals surface area contributed by atoms with Crippen molar-refractivity contribution in [1.82, 2.24) is 4.90 Å². The van der Waals surface area contributed by atoms with Crippen molar-refractivity contribution in [3.8, 4) is 0 Å². The van der Waals surface area contributed by atoms with Crippen molar-refractivity contribution in [2.75, 3.05) is 43.1 Å². The molecule has 2 fully saturated rings. The molecule has 3 N–H and O–H groups in total. The van der Waals surface area contributed by atoms with E-state index in [9.17, 15) is 31.5 Å². The van der Waals surface area contributed by atoms with Crippen LogP contribution >= 0.6 is 0 Å². The summed E-state index contributed by atoms with van der Waals surface area (Å²) in [4.78, 5) is 26.9. The van der Waals surface area contributed by atoms with Crippen LogP contribution in [0.2, 0.25) is 0 Å². The normalized spacial score (nSPS) is 18.6. The van der Waals surface area contributed by atoms with Gasteiger partial charge in [-0.15, -0.1) is 0 Å². The summed E-state index contributed by atoms with van der Waals surface area (Å²) in [5, 5.41) is 2.35. The molecule has 7 nitrogen and oxygen atoms in total. The van der Waals surface area contributed by atoms with Crippen LogP contribution < -0.4 is 16.0 Å². The molecule has 31 heavy (non-hydrogen) atoms. The van der Waals surface area contributed by atoms with E-state index in [2.05, 4.69) is 5.32 Å². The number of hydrogen-bond acceptors (Lipinski definition) is 5. The first-order valence-corrected chi connectivity index (χ1v) is 9.76. The number of benzene rings is 1. The molecule has 0 aromatic heterocycles. The second kappa shape index (κ2) is 9.45. The summed E-state index contributed by atoms with van der Waals surface area (Å²) in [6.45, 7) is -1.17. The predicted molar refractivity (Wildman–Crippen MR) is 102 cm³/mol. The Hall–Kier alpha value is -2.31. The quantitative estimate of drug-likeness (QED) is 0.592. The lowest BCUT2D eigenvalue weighted by molar-refractivity contribution is -0.137. The Morgan fingerprint density at radius 1 is 1.32 bits per heavy atom. The number of hydrogen-bond donors (Lipinski definition) is 2. The zero-order valence-electron chi connectivity index (χ0n) is 16.5. The summed E-state index contributed by atoms with van der Waals surface area (Å²) in [5.74, 6) is -1.37. The van der Waals surface area contributed by atoms with Crippen LogP contribution in [0.25, 0.3) is 0 Å². The van der Waals surface area contributed by atoms with Gasteiger partial charge in [0, 0.05) is 24.8 Å². The molecule has 1 aliphatic heterocycles. The number of nitrogens with one attached hydrogen (secondary N) is 1. The van der Waals surface area contributed by atoms with Gasteiger partial charge in [-0.2, -0.15) is 13.2 Å². The minimum atomic E-state index is -4.79. The SMILES string of the molecule is NC[C@@H](C(=O)Nc1ccc(N2CCOCC2=O)c(C(F)(F)F)c1)N(CC(F)F)C1CC1. The average molecular weight is 450 g/mol. The van der Waals surface area contributed by atoms with Gasteiger partial charge in [0.15, 0.2) is 0 Å². The number of amides is 2. The largest absolute Gasteiger partial charge is 0.418 e. The number of anilines is 2. The van der Waals surface area contributed by atoms with Gasteiger partial charge in [0.05, 0.1) is 24.4 Å². The molecule has 1 heterocycles. The topological polar surface area (TPSA) is 87.9 Å². The molecule has 0 bridgehead atoms. The van der Waals surface area contributed by atoms with E-state index in [1.807, 2.05) is 0 Å². The lowest BCUT2D eigenvalue weighted by atomic mass is 10.1. The second-order valence-corrected chi connectivity index (χ2v) is 7.39. The summed E-state index contributed by atoms with van der Waals surface area (Å²) in [6.07, 6.45) is -6.17. The Bertz CT molecular complexity index is 816. The number of carbonyl (C=O) groups excluding carboxylic acids is 2. The van der Waals surface area contributed by atoms with Crippen molar-refractivity contribution in [1.29, 1.82) is 0 Å². The number of morpholine rings is 1. The molecule has 1 aliphatic carbocycles. The summed E-state index contributed by atoms with van der Waals surface area (Å²) in [5.41, 5.74) is 4.01. The highest BCUT2D eigenvalue weighted by Crippen LogP contribution is 2.39. The van der Waals surface area contributed by atoms with Crippen LogP contribution in [0.1, 0.15) is 18.4 Å². The number of halogens is 5. The van der Waals surface area contributed by atoms with Gasteiger partial charge in [-0.1, -0.05) is 0 Å². The highest BCUT2D eigenvalue weighted by atomic mass is 19.4. The molecule has 1 atom stereocenters. The maximum absolute atomic E-state index is 13.7. The Labute approximate surface area is 175 Å². The zero-order valence-corrected chi connectivity index (χ0v) is 16.5. The van der Waals surface area contributed by atoms with E-state index in [1.165, 1.54) is 11.0 Å². The third-order valence-electron chi connectivity index (χ3n) is 5.14. The first-order chi connectivity index (χ1) is 14.6. The average Bonchev–Trinajstić information content (AvgIpc) is 3.52. The van der Waals surface area contributed by atoms with E-state index in [0.29, 0.717) is 12.8 Å². The summed E-state index contributed by atoms with van der Waals surface area (Å²) < 4.78 is 71.8. The number of ether oxygens (including phenoxy) is 1. The van der Waals surface area contributed by atoms with Crippen molar-refractivity contribution in [2.24, 2.45) is 5.73 Å². The summed E-state index contributed by atoms with van der Waals surface area (Å²) >= 11 is 0. The van der Waals surface area contributed by atoms with Crippen molar-refractivity contribution < 1.29 is 36.3 Å². The number of nitrogens with two attached hydrogens (primary N) is 1. The molecule has 0 unspecified atom stereocenters. The number of carbonyl (C=O) groups is 2. The Kier molecular flexibility index (Phi) is 7.12. The molecular weight excluding hydrogens is 427 g/mol. The van der Waals surface area contributed by atoms with Crippen molar-refractivity contribution in [3.63, 3.8) is 0 Å². The highest BCUT2D eigenvalue weighted by Gasteiger charge is 2.39.